The number of amides is 2. The van der Waals surface area contributed by atoms with Crippen LogP contribution in [0.1, 0.15) is 55.4 Å². The maximum atomic E-state index is 13.8. The van der Waals surface area contributed by atoms with Crippen molar-refractivity contribution in [1.29, 1.82) is 0 Å². The van der Waals surface area contributed by atoms with Gasteiger partial charge < -0.3 is 68.9 Å². The SMILES string of the molecule is C#C[C@@]1(O)[C@H](O)[C@@H](COP(=O)(N[C@@H](C)C(=O)OCC(C)(C)C)Oc2ccccc2)O[C@H]1N1C=CC(=O)NC1=C.C#C[C@@]1(O)[C@H](O)[C@@H](COP(=O)(N[C@@H](C)C(=O)OCC(C)(C)C)Oc2ccccc2)O[C@H]1N1C=CC(=O)NC1=C. The molecule has 0 bridgehead atoms. The van der Waals surface area contributed by atoms with E-state index in [1.54, 1.807) is 36.4 Å². The first kappa shape index (κ1) is 62.5. The van der Waals surface area contributed by atoms with Crippen molar-refractivity contribution < 1.29 is 85.8 Å². The number of hydrogen-bond acceptors (Lipinski definition) is 20. The van der Waals surface area contributed by atoms with Crippen LogP contribution < -0.4 is 29.9 Å². The first-order valence-corrected chi connectivity index (χ1v) is 27.3. The van der Waals surface area contributed by atoms with Gasteiger partial charge in [-0.05, 0) is 48.9 Å². The number of hydrogen-bond donors (Lipinski definition) is 8. The van der Waals surface area contributed by atoms with E-state index < -0.39 is 113 Å². The van der Waals surface area contributed by atoms with Crippen LogP contribution in [0, 0.1) is 35.5 Å². The van der Waals surface area contributed by atoms with Crippen LogP contribution in [0.3, 0.4) is 0 Å². The molecule has 2 saturated heterocycles. The Morgan fingerprint density at radius 2 is 1.03 bits per heavy atom. The number of benzene rings is 2. The molecule has 2 aromatic rings. The molecule has 6 rings (SSSR count). The van der Waals surface area contributed by atoms with E-state index in [-0.39, 0.29) is 47.2 Å². The number of nitrogens with zero attached hydrogens (tertiary/aromatic N) is 2. The number of carbonyl (C=O) groups is 4. The minimum Gasteiger partial charge on any atom is -0.464 e. The molecule has 2 unspecified atom stereocenters. The topological polar surface area (TPSA) is 312 Å². The highest BCUT2D eigenvalue weighted by Gasteiger charge is 2.59. The van der Waals surface area contributed by atoms with Gasteiger partial charge in [0, 0.05) is 24.6 Å². The Bertz CT molecular complexity index is 2570. The number of esters is 2. The standard InChI is InChI=1S/2C26H34N3O9P/c2*1-7-26(33)22(31)20(37-24(26)29-14-13-21(30)27-18(29)3)15-36-39(34,38-19-11-9-8-10-12-19)28-17(2)23(32)35-16-25(4,5)6/h2*1,8-14,17,20,22,24,31,33H,3,15-16H2,2,4-6H3,(H,27,30)(H,28,34)/t2*17-,20+,22+,24+,26+,39?/m00/s1. The first-order valence-electron chi connectivity index (χ1n) is 24.2. The Morgan fingerprint density at radius 1 is 0.692 bits per heavy atom. The molecule has 2 amide bonds. The molecule has 0 spiro atoms. The van der Waals surface area contributed by atoms with Gasteiger partial charge in [0.15, 0.2) is 23.7 Å². The molecule has 0 saturated carbocycles. The predicted molar refractivity (Wildman–Crippen MR) is 281 cm³/mol. The third-order valence-corrected chi connectivity index (χ3v) is 14.6. The Balaban J connectivity index is 0.000000287. The van der Waals surface area contributed by atoms with Gasteiger partial charge in [0.2, 0.25) is 0 Å². The van der Waals surface area contributed by atoms with E-state index >= 15 is 0 Å². The number of para-hydroxylation sites is 2. The maximum Gasteiger partial charge on any atom is 0.459 e. The minimum absolute atomic E-state index is 0.0530. The summed E-state index contributed by atoms with van der Waals surface area (Å²) in [6, 6.07) is 14.0. The molecule has 2 fully saturated rings. The van der Waals surface area contributed by atoms with E-state index in [1.165, 1.54) is 60.3 Å². The summed E-state index contributed by atoms with van der Waals surface area (Å²) in [6.07, 6.45) is 7.25. The molecule has 0 aliphatic carbocycles. The number of ether oxygens (including phenoxy) is 4. The Labute approximate surface area is 453 Å². The van der Waals surface area contributed by atoms with Crippen molar-refractivity contribution in [1.82, 2.24) is 30.6 Å². The molecule has 4 aliphatic heterocycles. The van der Waals surface area contributed by atoms with Crippen LogP contribution in [-0.4, -0.2) is 141 Å². The lowest BCUT2D eigenvalue weighted by Gasteiger charge is -2.36. The average Bonchev–Trinajstić information content (AvgIpc) is 3.97. The zero-order valence-electron chi connectivity index (χ0n) is 44.4. The minimum atomic E-state index is -4.29. The fourth-order valence-electron chi connectivity index (χ4n) is 7.26. The summed E-state index contributed by atoms with van der Waals surface area (Å²) in [5.41, 5.74) is -5.08. The monoisotopic (exact) mass is 1130 g/mol. The molecule has 4 aliphatic rings. The molecule has 78 heavy (non-hydrogen) atoms. The smallest absolute Gasteiger partial charge is 0.459 e. The van der Waals surface area contributed by atoms with Gasteiger partial charge in [-0.1, -0.05) is 103 Å². The number of rotatable bonds is 20. The lowest BCUT2D eigenvalue weighted by atomic mass is 9.94. The summed E-state index contributed by atoms with van der Waals surface area (Å²) in [4.78, 5) is 50.8. The molecule has 2 aromatic carbocycles. The van der Waals surface area contributed by atoms with Gasteiger partial charge in [-0.3, -0.25) is 28.2 Å². The molecule has 0 aromatic heterocycles. The first-order chi connectivity index (χ1) is 36.3. The highest BCUT2D eigenvalue weighted by Crippen LogP contribution is 2.48. The molecule has 26 heteroatoms. The van der Waals surface area contributed by atoms with Crippen molar-refractivity contribution in [2.24, 2.45) is 10.8 Å². The quantitative estimate of drug-likeness (QED) is 0.0536. The zero-order valence-corrected chi connectivity index (χ0v) is 46.2. The summed E-state index contributed by atoms with van der Waals surface area (Å²) < 4.78 is 72.1. The van der Waals surface area contributed by atoms with Crippen molar-refractivity contribution in [2.75, 3.05) is 26.4 Å². The van der Waals surface area contributed by atoms with E-state index in [9.17, 15) is 48.7 Å². The maximum absolute atomic E-state index is 13.8. The van der Waals surface area contributed by atoms with Gasteiger partial charge in [-0.2, -0.15) is 10.2 Å². The normalized spacial score (nSPS) is 27.3. The summed E-state index contributed by atoms with van der Waals surface area (Å²) in [5.74, 6) is 2.47. The van der Waals surface area contributed by atoms with Crippen LogP contribution in [0.15, 0.2) is 110 Å². The average molecular weight is 1130 g/mol. The molecule has 0 radical (unpaired) electrons. The summed E-state index contributed by atoms with van der Waals surface area (Å²) in [5, 5.41) is 53.9. The summed E-state index contributed by atoms with van der Waals surface area (Å²) >= 11 is 0. The van der Waals surface area contributed by atoms with E-state index in [0.717, 1.165) is 12.2 Å². The molecular formula is C52H68N6O18P2. The van der Waals surface area contributed by atoms with E-state index in [1.807, 2.05) is 41.5 Å². The summed E-state index contributed by atoms with van der Waals surface area (Å²) in [7, 11) is -8.59. The number of terminal acetylenes is 2. The van der Waals surface area contributed by atoms with Gasteiger partial charge in [0.05, 0.1) is 26.4 Å². The van der Waals surface area contributed by atoms with Gasteiger partial charge >= 0.3 is 27.4 Å². The lowest BCUT2D eigenvalue weighted by molar-refractivity contribution is -0.148. The van der Waals surface area contributed by atoms with E-state index in [4.69, 9.17) is 49.9 Å². The molecule has 24 nitrogen and oxygen atoms in total. The van der Waals surface area contributed by atoms with Crippen molar-refractivity contribution in [3.63, 3.8) is 0 Å². The van der Waals surface area contributed by atoms with E-state index in [0.29, 0.717) is 0 Å². The Kier molecular flexibility index (Phi) is 20.5. The summed E-state index contributed by atoms with van der Waals surface area (Å²) in [6.45, 7) is 20.8. The van der Waals surface area contributed by atoms with E-state index in [2.05, 4.69) is 45.8 Å². The number of aliphatic hydroxyl groups excluding tert-OH is 2. The largest absolute Gasteiger partial charge is 0.464 e. The van der Waals surface area contributed by atoms with Crippen molar-refractivity contribution in [2.45, 2.75) is 116 Å². The molecule has 4 heterocycles. The van der Waals surface area contributed by atoms with Gasteiger partial charge in [-0.25, -0.2) is 9.13 Å². The number of aliphatic hydroxyl groups is 4. The highest BCUT2D eigenvalue weighted by molar-refractivity contribution is 7.52. The molecular weight excluding hydrogens is 1060 g/mol. The van der Waals surface area contributed by atoms with Crippen LogP contribution in [0.25, 0.3) is 0 Å². The second kappa shape index (κ2) is 25.6. The van der Waals surface area contributed by atoms with Crippen LogP contribution in [0.5, 0.6) is 11.5 Å². The number of nitrogens with one attached hydrogen (secondary N) is 4. The van der Waals surface area contributed by atoms with Crippen molar-refractivity contribution >= 4 is 39.2 Å². The van der Waals surface area contributed by atoms with Crippen LogP contribution in [0.4, 0.5) is 0 Å². The van der Waals surface area contributed by atoms with Crippen molar-refractivity contribution in [3.05, 3.63) is 110 Å². The van der Waals surface area contributed by atoms with Gasteiger partial charge in [0.1, 0.15) is 59.6 Å². The molecule has 8 N–H and O–H groups in total. The molecule has 12 atom stereocenters. The van der Waals surface area contributed by atoms with Crippen LogP contribution >= 0.6 is 15.5 Å². The van der Waals surface area contributed by atoms with Gasteiger partial charge in [-0.15, -0.1) is 12.8 Å². The third kappa shape index (κ3) is 16.4. The van der Waals surface area contributed by atoms with Gasteiger partial charge in [0.25, 0.3) is 11.8 Å². The highest BCUT2D eigenvalue weighted by atomic mass is 31.2. The Hall–Kier alpha value is -6.34. The Morgan fingerprint density at radius 3 is 1.32 bits per heavy atom. The predicted octanol–water partition coefficient (Wildman–Crippen LogP) is 3.25. The lowest BCUT2D eigenvalue weighted by Crippen LogP contribution is -2.54. The zero-order chi connectivity index (χ0) is 58.0. The number of carbonyl (C=O) groups excluding carboxylic acids is 4. The third-order valence-electron chi connectivity index (χ3n) is 11.3. The fourth-order valence-corrected chi connectivity index (χ4v) is 10.3. The van der Waals surface area contributed by atoms with Crippen molar-refractivity contribution in [3.8, 4) is 36.2 Å². The molecule has 424 valence electrons. The second-order valence-corrected chi connectivity index (χ2v) is 24.0. The second-order valence-electron chi connectivity index (χ2n) is 20.6. The van der Waals surface area contributed by atoms with Crippen LogP contribution in [0.2, 0.25) is 0 Å². The van der Waals surface area contributed by atoms with Crippen LogP contribution in [-0.2, 0) is 56.3 Å². The fraction of sp³-hybridized carbons (Fsp3) is 0.462.